The highest BCUT2D eigenvalue weighted by atomic mass is 16.6. The van der Waals surface area contributed by atoms with E-state index in [-0.39, 0.29) is 71.0 Å². The van der Waals surface area contributed by atoms with Crippen LogP contribution in [0, 0.1) is 11.8 Å². The fourth-order valence-corrected chi connectivity index (χ4v) is 4.14. The second kappa shape index (κ2) is 28.0. The average Bonchev–Trinajstić information content (AvgIpc) is 2.99. The van der Waals surface area contributed by atoms with Gasteiger partial charge in [0.05, 0.1) is 11.8 Å². The van der Waals surface area contributed by atoms with Crippen molar-refractivity contribution >= 4 is 35.8 Å². The number of hydrogen-bond donors (Lipinski definition) is 1. The molecule has 1 N–H and O–H groups in total. The van der Waals surface area contributed by atoms with Crippen LogP contribution in [-0.2, 0) is 57.2 Å². The molecule has 14 heteroatoms. The van der Waals surface area contributed by atoms with E-state index in [1.807, 2.05) is 0 Å². The molecule has 0 aromatic carbocycles. The number of nitrogens with zero attached hydrogens (tertiary/aromatic N) is 1. The van der Waals surface area contributed by atoms with E-state index in [4.69, 9.17) is 33.5 Å². The number of aliphatic hydroxyl groups excluding tert-OH is 1. The van der Waals surface area contributed by atoms with Gasteiger partial charge in [-0.25, -0.2) is 0 Å². The third-order valence-corrected chi connectivity index (χ3v) is 6.64. The molecule has 0 unspecified atom stereocenters. The first-order valence-corrected chi connectivity index (χ1v) is 16.1. The lowest BCUT2D eigenvalue weighted by Gasteiger charge is -2.22. The Kier molecular flexibility index (Phi) is 26.0. The quantitative estimate of drug-likeness (QED) is 0.0734. The molecule has 0 rings (SSSR count). The third kappa shape index (κ3) is 28.2. The molecule has 0 saturated carbocycles. The van der Waals surface area contributed by atoms with Crippen molar-refractivity contribution in [2.24, 2.45) is 11.8 Å². The largest absolute Gasteiger partial charge is 0.465 e. The van der Waals surface area contributed by atoms with E-state index >= 15 is 0 Å². The molecule has 0 aromatic heterocycles. The van der Waals surface area contributed by atoms with Crippen molar-refractivity contribution in [2.45, 2.75) is 91.9 Å². The van der Waals surface area contributed by atoms with Crippen LogP contribution in [0.2, 0.25) is 0 Å². The fraction of sp³-hybridized carbons (Fsp3) is 0.812. The van der Waals surface area contributed by atoms with Gasteiger partial charge in [0.25, 0.3) is 0 Å². The van der Waals surface area contributed by atoms with Crippen LogP contribution in [0.3, 0.4) is 0 Å². The lowest BCUT2D eigenvalue weighted by molar-refractivity contribution is -0.154. The van der Waals surface area contributed by atoms with Crippen LogP contribution in [0.1, 0.15) is 91.9 Å². The van der Waals surface area contributed by atoms with Crippen molar-refractivity contribution in [2.75, 3.05) is 65.9 Å². The molecule has 0 heterocycles. The molecule has 0 radical (unpaired) electrons. The zero-order chi connectivity index (χ0) is 34.6. The van der Waals surface area contributed by atoms with E-state index < -0.39 is 35.7 Å². The van der Waals surface area contributed by atoms with E-state index in [2.05, 4.69) is 4.90 Å². The summed E-state index contributed by atoms with van der Waals surface area (Å²) in [6.07, 6.45) is 6.86. The lowest BCUT2D eigenvalue weighted by Crippen LogP contribution is -2.27. The summed E-state index contributed by atoms with van der Waals surface area (Å²) in [5.41, 5.74) is 0. The molecule has 0 aliphatic rings. The summed E-state index contributed by atoms with van der Waals surface area (Å²) in [6.45, 7) is 7.72. The molecule has 0 aliphatic carbocycles. The monoisotopic (exact) mass is 661 g/mol. The van der Waals surface area contributed by atoms with E-state index in [9.17, 15) is 28.8 Å². The smallest absolute Gasteiger partial charge is 0.305 e. The second-order valence-corrected chi connectivity index (χ2v) is 11.2. The van der Waals surface area contributed by atoms with Crippen molar-refractivity contribution in [1.29, 1.82) is 0 Å². The molecule has 0 amide bonds. The van der Waals surface area contributed by atoms with Gasteiger partial charge in [-0.1, -0.05) is 12.8 Å². The highest BCUT2D eigenvalue weighted by Gasteiger charge is 2.17. The number of unbranched alkanes of at least 4 members (excludes halogenated alkanes) is 5. The molecule has 46 heavy (non-hydrogen) atoms. The fourth-order valence-electron chi connectivity index (χ4n) is 4.14. The van der Waals surface area contributed by atoms with Crippen LogP contribution < -0.4 is 0 Å². The third-order valence-electron chi connectivity index (χ3n) is 6.64. The van der Waals surface area contributed by atoms with Crippen LogP contribution in [0.5, 0.6) is 0 Å². The molecular formula is C32H55NO13. The molecule has 0 saturated heterocycles. The van der Waals surface area contributed by atoms with E-state index in [0.29, 0.717) is 12.8 Å². The number of aliphatic hydroxyl groups is 1. The lowest BCUT2D eigenvalue weighted by atomic mass is 10.1. The van der Waals surface area contributed by atoms with E-state index in [1.165, 1.54) is 27.7 Å². The predicted molar refractivity (Wildman–Crippen MR) is 165 cm³/mol. The first-order valence-electron chi connectivity index (χ1n) is 16.1. The topological polar surface area (TPSA) is 181 Å². The molecule has 0 fully saturated rings. The Bertz CT molecular complexity index is 793. The van der Waals surface area contributed by atoms with Crippen molar-refractivity contribution in [3.63, 3.8) is 0 Å². The van der Waals surface area contributed by atoms with Gasteiger partial charge < -0.3 is 38.4 Å². The molecule has 266 valence electrons. The summed E-state index contributed by atoms with van der Waals surface area (Å²) >= 11 is 0. The van der Waals surface area contributed by atoms with Crippen LogP contribution in [-0.4, -0.2) is 112 Å². The van der Waals surface area contributed by atoms with Gasteiger partial charge in [0.15, 0.2) is 0 Å². The van der Waals surface area contributed by atoms with E-state index in [1.54, 1.807) is 0 Å². The Morgan fingerprint density at radius 2 is 0.761 bits per heavy atom. The van der Waals surface area contributed by atoms with Gasteiger partial charge in [-0.05, 0) is 58.2 Å². The first kappa shape index (κ1) is 42.7. The summed E-state index contributed by atoms with van der Waals surface area (Å²) < 4.78 is 30.4. The summed E-state index contributed by atoms with van der Waals surface area (Å²) in [5, 5.41) is 9.15. The molecule has 0 aliphatic heterocycles. The number of carbonyl (C=O) groups excluding carboxylic acids is 6. The normalized spacial score (nSPS) is 11.0. The standard InChI is InChI=1S/C32H55NO13/c1-25(35)41-19-29(20-42-26(2)36)23-45-31(39)13-7-5-9-15-33(17-11-12-18-34)16-10-6-8-14-32(40)46-24-30(21-43-27(3)37)22-44-28(4)38/h29-30,34H,5-24H2,1-4H3. The summed E-state index contributed by atoms with van der Waals surface area (Å²) in [7, 11) is 0. The maximum atomic E-state index is 12.2. The molecule has 0 spiro atoms. The highest BCUT2D eigenvalue weighted by molar-refractivity contribution is 5.70. The minimum Gasteiger partial charge on any atom is -0.465 e. The Hall–Kier alpha value is -3.26. The Balaban J connectivity index is 4.34. The van der Waals surface area contributed by atoms with Crippen LogP contribution in [0.15, 0.2) is 0 Å². The number of hydrogen-bond acceptors (Lipinski definition) is 14. The molecule has 0 aromatic rings. The molecular weight excluding hydrogens is 606 g/mol. The summed E-state index contributed by atoms with van der Waals surface area (Å²) in [4.78, 5) is 71.0. The van der Waals surface area contributed by atoms with Gasteiger partial charge in [-0.15, -0.1) is 0 Å². The Morgan fingerprint density at radius 1 is 0.457 bits per heavy atom. The van der Waals surface area contributed by atoms with E-state index in [0.717, 1.165) is 58.2 Å². The van der Waals surface area contributed by atoms with Crippen molar-refractivity contribution in [1.82, 2.24) is 4.90 Å². The molecule has 14 nitrogen and oxygen atoms in total. The zero-order valence-electron chi connectivity index (χ0n) is 28.1. The van der Waals surface area contributed by atoms with Gasteiger partial charge in [0.2, 0.25) is 0 Å². The first-order chi connectivity index (χ1) is 21.9. The minimum atomic E-state index is -0.469. The summed E-state index contributed by atoms with van der Waals surface area (Å²) in [6, 6.07) is 0. The number of esters is 6. The number of ether oxygens (including phenoxy) is 6. The van der Waals surface area contributed by atoms with Gasteiger partial charge in [-0.3, -0.25) is 28.8 Å². The van der Waals surface area contributed by atoms with Crippen molar-refractivity contribution in [3.8, 4) is 0 Å². The number of rotatable bonds is 28. The van der Waals surface area contributed by atoms with Crippen molar-refractivity contribution in [3.05, 3.63) is 0 Å². The van der Waals surface area contributed by atoms with Gasteiger partial charge >= 0.3 is 35.8 Å². The second-order valence-electron chi connectivity index (χ2n) is 11.2. The minimum absolute atomic E-state index is 0.00938. The maximum Gasteiger partial charge on any atom is 0.305 e. The Labute approximate surface area is 272 Å². The predicted octanol–water partition coefficient (Wildman–Crippen LogP) is 2.75. The van der Waals surface area contributed by atoms with Gasteiger partial charge in [-0.2, -0.15) is 0 Å². The maximum absolute atomic E-state index is 12.2. The van der Waals surface area contributed by atoms with Gasteiger partial charge in [0, 0.05) is 47.1 Å². The molecule has 0 atom stereocenters. The van der Waals surface area contributed by atoms with Crippen LogP contribution in [0.4, 0.5) is 0 Å². The Morgan fingerprint density at radius 3 is 1.07 bits per heavy atom. The van der Waals surface area contributed by atoms with Crippen LogP contribution in [0.25, 0.3) is 0 Å². The molecule has 0 bridgehead atoms. The van der Waals surface area contributed by atoms with Gasteiger partial charge in [0.1, 0.15) is 39.6 Å². The SMILES string of the molecule is CC(=O)OCC(COC(C)=O)COC(=O)CCCCCN(CCCCO)CCCCCC(=O)OCC(COC(C)=O)COC(C)=O. The highest BCUT2D eigenvalue weighted by Crippen LogP contribution is 2.10. The van der Waals surface area contributed by atoms with Crippen molar-refractivity contribution < 1.29 is 62.3 Å². The van der Waals surface area contributed by atoms with Crippen LogP contribution >= 0.6 is 0 Å². The zero-order valence-corrected chi connectivity index (χ0v) is 28.1. The average molecular weight is 662 g/mol. The summed E-state index contributed by atoms with van der Waals surface area (Å²) in [5.74, 6) is -3.46. The number of carbonyl (C=O) groups is 6.